The molecule has 0 spiro atoms. The van der Waals surface area contributed by atoms with Gasteiger partial charge in [0.1, 0.15) is 0 Å². The third-order valence-corrected chi connectivity index (χ3v) is 14.2. The van der Waals surface area contributed by atoms with Crippen molar-refractivity contribution in [1.82, 2.24) is 24.9 Å². The molecule has 78 heavy (non-hydrogen) atoms. The van der Waals surface area contributed by atoms with Gasteiger partial charge in [0.2, 0.25) is 0 Å². The van der Waals surface area contributed by atoms with Crippen molar-refractivity contribution in [2.45, 2.75) is 0 Å². The normalized spacial score (nSPS) is 11.1. The molecule has 5 nitrogen and oxygen atoms in total. The van der Waals surface area contributed by atoms with Crippen LogP contribution in [0.25, 0.3) is 135 Å². The highest BCUT2D eigenvalue weighted by molar-refractivity contribution is 6.02. The highest BCUT2D eigenvalue weighted by Crippen LogP contribution is 2.47. The van der Waals surface area contributed by atoms with E-state index in [1.54, 1.807) is 0 Å². The second kappa shape index (κ2) is 21.4. The van der Waals surface area contributed by atoms with Crippen LogP contribution in [0, 0.1) is 0 Å². The summed E-state index contributed by atoms with van der Waals surface area (Å²) in [6, 6.07) is 104. The van der Waals surface area contributed by atoms with Crippen molar-refractivity contribution in [2.75, 3.05) is 0 Å². The lowest BCUT2D eigenvalue weighted by atomic mass is 9.82. The fourth-order valence-corrected chi connectivity index (χ4v) is 10.2. The molecule has 5 heteroatoms. The summed E-state index contributed by atoms with van der Waals surface area (Å²) in [5.41, 5.74) is 20.9. The molecule has 0 N–H and O–H groups in total. The van der Waals surface area contributed by atoms with Crippen LogP contribution in [-0.2, 0) is 0 Å². The lowest BCUT2D eigenvalue weighted by molar-refractivity contribution is 1.07. The highest BCUT2D eigenvalue weighted by Gasteiger charge is 2.22. The second-order valence-electron chi connectivity index (χ2n) is 19.2. The van der Waals surface area contributed by atoms with Gasteiger partial charge >= 0.3 is 0 Å². The first kappa shape index (κ1) is 47.2. The zero-order valence-corrected chi connectivity index (χ0v) is 42.5. The Labute approximate surface area is 454 Å². The maximum absolute atomic E-state index is 5.20. The van der Waals surface area contributed by atoms with Crippen LogP contribution >= 0.6 is 0 Å². The monoisotopic (exact) mass is 995 g/mol. The molecular formula is C73H49N5. The topological polar surface area (TPSA) is 64.5 Å². The summed E-state index contributed by atoms with van der Waals surface area (Å²) in [6.45, 7) is 0. The van der Waals surface area contributed by atoms with Crippen LogP contribution in [0.4, 0.5) is 0 Å². The lowest BCUT2D eigenvalue weighted by Gasteiger charge is -2.21. The molecule has 0 radical (unpaired) electrons. The Morgan fingerprint density at radius 3 is 0.718 bits per heavy atom. The van der Waals surface area contributed by atoms with Gasteiger partial charge in [0.05, 0.1) is 11.4 Å². The molecule has 0 amide bonds. The molecule has 13 aromatic rings. The molecule has 0 fully saturated rings. The minimum atomic E-state index is 0.601. The molecule has 0 atom stereocenters. The predicted octanol–water partition coefficient (Wildman–Crippen LogP) is 18.7. The van der Waals surface area contributed by atoms with Gasteiger partial charge in [-0.1, -0.05) is 291 Å². The summed E-state index contributed by atoms with van der Waals surface area (Å²) in [7, 11) is 0. The molecule has 11 aromatic carbocycles. The Morgan fingerprint density at radius 1 is 0.154 bits per heavy atom. The Morgan fingerprint density at radius 2 is 0.372 bits per heavy atom. The second-order valence-corrected chi connectivity index (χ2v) is 19.2. The van der Waals surface area contributed by atoms with Crippen molar-refractivity contribution in [2.24, 2.45) is 0 Å². The average molecular weight is 996 g/mol. The molecule has 13 rings (SSSR count). The smallest absolute Gasteiger partial charge is 0.164 e. The first-order valence-corrected chi connectivity index (χ1v) is 26.2. The van der Waals surface area contributed by atoms with Gasteiger partial charge in [-0.2, -0.15) is 0 Å². The minimum Gasteiger partial charge on any atom is -0.228 e. The zero-order valence-electron chi connectivity index (χ0n) is 42.5. The molecule has 0 aliphatic rings. The third-order valence-electron chi connectivity index (χ3n) is 14.2. The van der Waals surface area contributed by atoms with Crippen molar-refractivity contribution in [3.8, 4) is 135 Å². The molecule has 0 bridgehead atoms. The molecule has 0 aliphatic heterocycles. The van der Waals surface area contributed by atoms with E-state index in [-0.39, 0.29) is 0 Å². The standard InChI is InChI=1S/C73H49N5/c1-7-19-50(20-8-1)52-31-35-54(36-32-52)64-47-48-65(55-37-33-53(34-38-55)51-21-9-2-10-22-51)69(59-43-45-63(46-44-59)73-77-71(61-27-15-5-16-28-61)76-72(78-73)62-29-17-6-18-30-62)68(64)58-41-39-57(40-42-58)67-49-66(56-23-11-3-12-24-56)74-70(75-67)60-25-13-4-14-26-60/h1-49H. The number of rotatable bonds is 12. The van der Waals surface area contributed by atoms with Crippen molar-refractivity contribution >= 4 is 0 Å². The molecular weight excluding hydrogens is 947 g/mol. The Balaban J connectivity index is 0.997. The van der Waals surface area contributed by atoms with Gasteiger partial charge < -0.3 is 0 Å². The number of hydrogen-bond donors (Lipinski definition) is 0. The van der Waals surface area contributed by atoms with Crippen molar-refractivity contribution < 1.29 is 0 Å². The minimum absolute atomic E-state index is 0.601. The van der Waals surface area contributed by atoms with Gasteiger partial charge in [0, 0.05) is 33.4 Å². The SMILES string of the molecule is c1ccc(-c2ccc(-c3ccc(-c4ccc(-c5ccccc5)cc4)c(-c4ccc(-c5nc(-c6ccccc6)nc(-c6ccccc6)n5)cc4)c3-c3ccc(-c4cc(-c5ccccc5)nc(-c5ccccc5)n4)cc3)cc2)cc1. The number of aromatic nitrogens is 5. The molecule has 0 unspecified atom stereocenters. The van der Waals surface area contributed by atoms with Crippen LogP contribution in [0.15, 0.2) is 297 Å². The molecule has 2 heterocycles. The number of benzene rings is 11. The molecule has 366 valence electrons. The largest absolute Gasteiger partial charge is 0.228 e. The number of nitrogens with zero attached hydrogens (tertiary/aromatic N) is 5. The quantitative estimate of drug-likeness (QED) is 0.122. The summed E-state index contributed by atoms with van der Waals surface area (Å²) in [4.78, 5) is 25.4. The summed E-state index contributed by atoms with van der Waals surface area (Å²) in [5, 5.41) is 0. The first-order chi connectivity index (χ1) is 38.6. The Kier molecular flexibility index (Phi) is 13.0. The van der Waals surface area contributed by atoms with Crippen LogP contribution in [0.3, 0.4) is 0 Å². The summed E-state index contributed by atoms with van der Waals surface area (Å²) in [5.74, 6) is 2.52. The van der Waals surface area contributed by atoms with Gasteiger partial charge in [-0.05, 0) is 72.8 Å². The summed E-state index contributed by atoms with van der Waals surface area (Å²) in [6.07, 6.45) is 0. The number of hydrogen-bond acceptors (Lipinski definition) is 5. The maximum atomic E-state index is 5.20. The van der Waals surface area contributed by atoms with E-state index >= 15 is 0 Å². The fourth-order valence-electron chi connectivity index (χ4n) is 10.2. The zero-order chi connectivity index (χ0) is 52.0. The lowest BCUT2D eigenvalue weighted by Crippen LogP contribution is -2.00. The first-order valence-electron chi connectivity index (χ1n) is 26.2. The maximum Gasteiger partial charge on any atom is 0.164 e. The Hall–Kier alpha value is -10.5. The Bertz CT molecular complexity index is 3760. The van der Waals surface area contributed by atoms with Crippen LogP contribution < -0.4 is 0 Å². The van der Waals surface area contributed by atoms with Crippen LogP contribution in [0.1, 0.15) is 0 Å². The predicted molar refractivity (Wildman–Crippen MR) is 321 cm³/mol. The van der Waals surface area contributed by atoms with Gasteiger partial charge in [0.15, 0.2) is 23.3 Å². The highest BCUT2D eigenvalue weighted by atomic mass is 15.0. The van der Waals surface area contributed by atoms with Gasteiger partial charge in [-0.25, -0.2) is 24.9 Å². The molecule has 0 saturated carbocycles. The van der Waals surface area contributed by atoms with Crippen molar-refractivity contribution in [3.63, 3.8) is 0 Å². The van der Waals surface area contributed by atoms with Gasteiger partial charge in [-0.15, -0.1) is 0 Å². The van der Waals surface area contributed by atoms with Gasteiger partial charge in [-0.3, -0.25) is 0 Å². The van der Waals surface area contributed by atoms with E-state index < -0.39 is 0 Å². The van der Waals surface area contributed by atoms with E-state index in [4.69, 9.17) is 24.9 Å². The van der Waals surface area contributed by atoms with Crippen LogP contribution in [0.5, 0.6) is 0 Å². The van der Waals surface area contributed by atoms with Crippen LogP contribution in [-0.4, -0.2) is 24.9 Å². The molecule has 0 saturated heterocycles. The van der Waals surface area contributed by atoms with Crippen molar-refractivity contribution in [1.29, 1.82) is 0 Å². The summed E-state index contributed by atoms with van der Waals surface area (Å²) >= 11 is 0. The van der Waals surface area contributed by atoms with E-state index in [1.165, 1.54) is 11.1 Å². The van der Waals surface area contributed by atoms with Gasteiger partial charge in [0.25, 0.3) is 0 Å². The third kappa shape index (κ3) is 9.83. The van der Waals surface area contributed by atoms with E-state index in [1.807, 2.05) is 97.1 Å². The van der Waals surface area contributed by atoms with E-state index in [9.17, 15) is 0 Å². The fraction of sp³-hybridized carbons (Fsp3) is 0. The molecule has 0 aliphatic carbocycles. The van der Waals surface area contributed by atoms with Crippen molar-refractivity contribution in [3.05, 3.63) is 297 Å². The average Bonchev–Trinajstić information content (AvgIpc) is 3.57. The van der Waals surface area contributed by atoms with E-state index in [0.717, 1.165) is 100 Å². The van der Waals surface area contributed by atoms with E-state index in [0.29, 0.717) is 23.3 Å². The molecule has 2 aromatic heterocycles. The summed E-state index contributed by atoms with van der Waals surface area (Å²) < 4.78 is 0. The van der Waals surface area contributed by atoms with E-state index in [2.05, 4.69) is 200 Å². The van der Waals surface area contributed by atoms with Crippen LogP contribution in [0.2, 0.25) is 0 Å².